The van der Waals surface area contributed by atoms with Gasteiger partial charge in [-0.3, -0.25) is 0 Å². The number of nitrogens with one attached hydrogen (secondary N) is 1. The Hall–Kier alpha value is -3.38. The lowest BCUT2D eigenvalue weighted by molar-refractivity contribution is 0.242. The second-order valence-electron chi connectivity index (χ2n) is 6.76. The van der Waals surface area contributed by atoms with Gasteiger partial charge in [-0.2, -0.15) is 22.0 Å². The molecule has 4 rings (SSSR count). The predicted molar refractivity (Wildman–Crippen MR) is 115 cm³/mol. The lowest BCUT2D eigenvalue weighted by atomic mass is 10.0. The Morgan fingerprint density at radius 3 is 2.77 bits per heavy atom. The molecule has 0 unspecified atom stereocenters. The minimum atomic E-state index is -0.561. The van der Waals surface area contributed by atoms with Gasteiger partial charge in [-0.05, 0) is 36.1 Å². The van der Waals surface area contributed by atoms with Crippen LogP contribution in [0.25, 0.3) is 11.1 Å². The third-order valence-electron chi connectivity index (χ3n) is 4.61. The van der Waals surface area contributed by atoms with Crippen molar-refractivity contribution in [2.45, 2.75) is 12.2 Å². The number of rotatable bonds is 2. The summed E-state index contributed by atoms with van der Waals surface area (Å²) >= 11 is 1.57. The largest absolute Gasteiger partial charge is 0.493 e. The summed E-state index contributed by atoms with van der Waals surface area (Å²) < 4.78 is 39.9. The van der Waals surface area contributed by atoms with Crippen molar-refractivity contribution in [3.05, 3.63) is 59.3 Å². The normalized spacial score (nSPS) is 13.0. The molecule has 1 aromatic carbocycles. The molecule has 0 spiro atoms. The first kappa shape index (κ1) is 20.9. The second kappa shape index (κ2) is 9.18. The Kier molecular flexibility index (Phi) is 6.18. The first-order chi connectivity index (χ1) is 15.1. The molecular weight excluding hydrogens is 422 g/mol. The van der Waals surface area contributed by atoms with E-state index in [-0.39, 0.29) is 30.4 Å². The Bertz CT molecular complexity index is 1170. The molecule has 1 aliphatic rings. The van der Waals surface area contributed by atoms with Crippen LogP contribution in [0.1, 0.15) is 17.5 Å². The van der Waals surface area contributed by atoms with E-state index in [4.69, 9.17) is 9.47 Å². The Morgan fingerprint density at radius 1 is 1.13 bits per heavy atom. The number of nitrogens with zero attached hydrogens (tertiary/aromatic N) is 3. The highest BCUT2D eigenvalue weighted by atomic mass is 32.2. The molecule has 4 bridgehead atoms. The fourth-order valence-corrected chi connectivity index (χ4v) is 3.76. The summed E-state index contributed by atoms with van der Waals surface area (Å²) in [5.41, 5.74) is 1.78. The van der Waals surface area contributed by atoms with E-state index in [0.717, 1.165) is 11.8 Å². The van der Waals surface area contributed by atoms with Crippen molar-refractivity contribution in [1.29, 1.82) is 5.26 Å². The van der Waals surface area contributed by atoms with E-state index >= 15 is 0 Å². The van der Waals surface area contributed by atoms with Gasteiger partial charge in [0, 0.05) is 29.4 Å². The second-order valence-corrected chi connectivity index (χ2v) is 7.62. The van der Waals surface area contributed by atoms with Gasteiger partial charge in [0.1, 0.15) is 40.7 Å². The van der Waals surface area contributed by atoms with Gasteiger partial charge in [0.2, 0.25) is 5.88 Å². The van der Waals surface area contributed by atoms with Crippen LogP contribution in [0.5, 0.6) is 11.6 Å². The van der Waals surface area contributed by atoms with Gasteiger partial charge >= 0.3 is 0 Å². The molecule has 3 heterocycles. The van der Waals surface area contributed by atoms with E-state index in [9.17, 15) is 14.0 Å². The molecule has 158 valence electrons. The number of fused-ring (bicyclic) bond motifs is 6. The maximum Gasteiger partial charge on any atom is 0.233 e. The fraction of sp³-hybridized carbons (Fsp3) is 0.227. The van der Waals surface area contributed by atoms with Gasteiger partial charge < -0.3 is 14.8 Å². The van der Waals surface area contributed by atoms with Crippen LogP contribution in [0, 0.1) is 23.0 Å². The van der Waals surface area contributed by atoms with Gasteiger partial charge in [0.15, 0.2) is 0 Å². The van der Waals surface area contributed by atoms with E-state index in [2.05, 4.69) is 21.4 Å². The van der Waals surface area contributed by atoms with Gasteiger partial charge in [-0.1, -0.05) is 0 Å². The first-order valence-corrected chi connectivity index (χ1v) is 10.9. The van der Waals surface area contributed by atoms with Crippen molar-refractivity contribution in [3.63, 3.8) is 0 Å². The number of halogens is 2. The third-order valence-corrected chi connectivity index (χ3v) is 5.21. The number of benzene rings is 1. The molecule has 2 aromatic heterocycles. The summed E-state index contributed by atoms with van der Waals surface area (Å²) in [7, 11) is 0. The van der Waals surface area contributed by atoms with Gasteiger partial charge in [0.25, 0.3) is 0 Å². The number of aromatic nitrogens is 2. The summed E-state index contributed by atoms with van der Waals surface area (Å²) in [6.45, 7) is 0.458. The molecule has 1 aliphatic heterocycles. The molecule has 0 radical (unpaired) electrons. The number of thioether (sulfide) groups is 1. The first-order valence-electron chi connectivity index (χ1n) is 9.50. The van der Waals surface area contributed by atoms with Gasteiger partial charge in [-0.25, -0.2) is 13.8 Å². The summed E-state index contributed by atoms with van der Waals surface area (Å²) in [6.07, 6.45) is 3.48. The lowest BCUT2D eigenvalue weighted by Crippen LogP contribution is -2.10. The highest BCUT2D eigenvalue weighted by Gasteiger charge is 2.18. The predicted octanol–water partition coefficient (Wildman–Crippen LogP) is 5.06. The lowest BCUT2D eigenvalue weighted by Gasteiger charge is -2.16. The average molecular weight is 440 g/mol. The Labute approximate surface area is 182 Å². The smallest absolute Gasteiger partial charge is 0.233 e. The minimum absolute atomic E-state index is 0.211. The average Bonchev–Trinajstić information content (AvgIpc) is 2.75. The van der Waals surface area contributed by atoms with E-state index < -0.39 is 11.6 Å². The summed E-state index contributed by atoms with van der Waals surface area (Å²) in [5, 5.41) is 12.7. The van der Waals surface area contributed by atoms with Crippen molar-refractivity contribution in [2.24, 2.45) is 0 Å². The van der Waals surface area contributed by atoms with Crippen LogP contribution in [-0.4, -0.2) is 29.4 Å². The zero-order valence-electron chi connectivity index (χ0n) is 16.6. The number of ether oxygens (including phenoxy) is 2. The van der Waals surface area contributed by atoms with Crippen molar-refractivity contribution >= 4 is 23.4 Å². The molecule has 0 fully saturated rings. The monoisotopic (exact) mass is 440 g/mol. The number of nitriles is 1. The topological polar surface area (TPSA) is 80.1 Å². The Balaban J connectivity index is 1.83. The molecule has 0 saturated heterocycles. The number of anilines is 2. The molecule has 9 heteroatoms. The van der Waals surface area contributed by atoms with E-state index in [1.165, 1.54) is 24.3 Å². The van der Waals surface area contributed by atoms with E-state index in [1.807, 2.05) is 6.26 Å². The van der Waals surface area contributed by atoms with Crippen molar-refractivity contribution in [2.75, 3.05) is 24.8 Å². The van der Waals surface area contributed by atoms with Gasteiger partial charge in [-0.15, -0.1) is 0 Å². The fourth-order valence-electron chi connectivity index (χ4n) is 3.22. The zero-order valence-corrected chi connectivity index (χ0v) is 17.4. The van der Waals surface area contributed by atoms with Crippen LogP contribution in [0.15, 0.2) is 36.5 Å². The molecule has 1 N–H and O–H groups in total. The molecule has 6 nitrogen and oxygen atoms in total. The number of pyridine rings is 2. The van der Waals surface area contributed by atoms with Crippen molar-refractivity contribution < 1.29 is 18.3 Å². The summed E-state index contributed by atoms with van der Waals surface area (Å²) in [5.74, 6) is 0.752. The van der Waals surface area contributed by atoms with Gasteiger partial charge in [0.05, 0.1) is 19.4 Å². The molecule has 0 aliphatic carbocycles. The highest BCUT2D eigenvalue weighted by Crippen LogP contribution is 2.35. The van der Waals surface area contributed by atoms with Crippen molar-refractivity contribution in [1.82, 2.24) is 9.97 Å². The molecule has 31 heavy (non-hydrogen) atoms. The third kappa shape index (κ3) is 4.54. The maximum absolute atomic E-state index is 14.6. The number of hydrogen-bond donors (Lipinski definition) is 1. The number of hydrogen-bond acceptors (Lipinski definition) is 7. The molecule has 0 amide bonds. The van der Waals surface area contributed by atoms with Crippen LogP contribution in [0.4, 0.5) is 20.4 Å². The molecule has 0 saturated carbocycles. The summed E-state index contributed by atoms with van der Waals surface area (Å²) in [4.78, 5) is 8.50. The minimum Gasteiger partial charge on any atom is -0.493 e. The quantitative estimate of drug-likeness (QED) is 0.596. The van der Waals surface area contributed by atoms with Crippen LogP contribution >= 0.6 is 11.8 Å². The zero-order chi connectivity index (χ0) is 21.8. The van der Waals surface area contributed by atoms with Crippen LogP contribution in [0.2, 0.25) is 0 Å². The molecular formula is C22H18F2N4O2S. The maximum atomic E-state index is 14.6. The molecule has 3 aromatic rings. The highest BCUT2D eigenvalue weighted by molar-refractivity contribution is 7.97. The van der Waals surface area contributed by atoms with Crippen LogP contribution < -0.4 is 14.8 Å². The SMILES string of the molecule is CSCc1cc2nc(c1C#N)OCCCOc1cc(F)ccc1-c1cc(ncc1F)N2. The Morgan fingerprint density at radius 2 is 1.97 bits per heavy atom. The van der Waals surface area contributed by atoms with E-state index in [0.29, 0.717) is 34.9 Å². The summed E-state index contributed by atoms with van der Waals surface area (Å²) in [6, 6.07) is 9.38. The van der Waals surface area contributed by atoms with Crippen LogP contribution in [-0.2, 0) is 5.75 Å². The van der Waals surface area contributed by atoms with Crippen molar-refractivity contribution in [3.8, 4) is 28.8 Å². The van der Waals surface area contributed by atoms with E-state index in [1.54, 1.807) is 17.8 Å². The molecule has 0 atom stereocenters. The standard InChI is InChI=1S/C22H18F2N4O2S/c1-31-12-13-7-21-27-20-9-16(18(24)11-26-20)15-4-3-14(23)8-19(15)29-5-2-6-30-22(28-21)17(13)10-25/h3-4,7-9,11H,2,5-6,12H2,1H3,(H,26,27,28). The van der Waals surface area contributed by atoms with Crippen LogP contribution in [0.3, 0.4) is 0 Å².